The molecule has 1 N–H and O–H groups in total. The van der Waals surface area contributed by atoms with E-state index in [9.17, 15) is 0 Å². The second-order valence-corrected chi connectivity index (χ2v) is 6.44. The number of benzene rings is 1. The topological polar surface area (TPSA) is 20.2 Å². The van der Waals surface area contributed by atoms with Crippen LogP contribution in [-0.2, 0) is 13.1 Å². The molecule has 1 aliphatic rings. The van der Waals surface area contributed by atoms with Gasteiger partial charge in [0.15, 0.2) is 0 Å². The Bertz CT molecular complexity index is 579. The fourth-order valence-electron chi connectivity index (χ4n) is 3.21. The highest BCUT2D eigenvalue weighted by atomic mass is 15.2. The summed E-state index contributed by atoms with van der Waals surface area (Å²) in [5.41, 5.74) is 2.78. The molecule has 0 radical (unpaired) electrons. The minimum Gasteiger partial charge on any atom is -0.346 e. The number of nitrogens with one attached hydrogen (secondary N) is 1. The Morgan fingerprint density at radius 1 is 1.10 bits per heavy atom. The molecule has 3 nitrogen and oxygen atoms in total. The van der Waals surface area contributed by atoms with Crippen LogP contribution in [0.15, 0.2) is 30.5 Å². The lowest BCUT2D eigenvalue weighted by atomic mass is 10.1. The molecule has 114 valence electrons. The summed E-state index contributed by atoms with van der Waals surface area (Å²) in [6, 6.07) is 9.47. The monoisotopic (exact) mass is 285 g/mol. The largest absolute Gasteiger partial charge is 0.346 e. The third-order valence-corrected chi connectivity index (χ3v) is 4.46. The van der Waals surface area contributed by atoms with Gasteiger partial charge in [-0.15, -0.1) is 0 Å². The quantitative estimate of drug-likeness (QED) is 0.879. The maximum atomic E-state index is 3.52. The Morgan fingerprint density at radius 3 is 2.67 bits per heavy atom. The van der Waals surface area contributed by atoms with Gasteiger partial charge >= 0.3 is 0 Å². The first kappa shape index (κ1) is 14.6. The van der Waals surface area contributed by atoms with Crippen molar-refractivity contribution in [2.45, 2.75) is 45.8 Å². The van der Waals surface area contributed by atoms with Crippen LogP contribution in [0.3, 0.4) is 0 Å². The molecule has 0 saturated carbocycles. The Kier molecular flexibility index (Phi) is 4.61. The van der Waals surface area contributed by atoms with Crippen molar-refractivity contribution in [1.29, 1.82) is 0 Å². The van der Waals surface area contributed by atoms with Crippen molar-refractivity contribution in [3.8, 4) is 0 Å². The Morgan fingerprint density at radius 2 is 1.90 bits per heavy atom. The second-order valence-electron chi connectivity index (χ2n) is 6.44. The third-order valence-electron chi connectivity index (χ3n) is 4.46. The highest BCUT2D eigenvalue weighted by molar-refractivity contribution is 5.83. The lowest BCUT2D eigenvalue weighted by molar-refractivity contribution is 0.324. The van der Waals surface area contributed by atoms with Crippen molar-refractivity contribution in [2.24, 2.45) is 0 Å². The van der Waals surface area contributed by atoms with Crippen LogP contribution in [0.25, 0.3) is 10.9 Å². The van der Waals surface area contributed by atoms with Gasteiger partial charge in [0.2, 0.25) is 0 Å². The molecule has 0 atom stereocenters. The summed E-state index contributed by atoms with van der Waals surface area (Å²) in [4.78, 5) is 2.58. The first-order chi connectivity index (χ1) is 10.2. The van der Waals surface area contributed by atoms with Gasteiger partial charge in [0.05, 0.1) is 0 Å². The molecule has 21 heavy (non-hydrogen) atoms. The van der Waals surface area contributed by atoms with E-state index in [0.717, 1.165) is 13.1 Å². The van der Waals surface area contributed by atoms with Crippen molar-refractivity contribution in [3.63, 3.8) is 0 Å². The molecule has 3 rings (SSSR count). The summed E-state index contributed by atoms with van der Waals surface area (Å²) in [7, 11) is 0. The van der Waals surface area contributed by atoms with Crippen LogP contribution in [0.4, 0.5) is 0 Å². The van der Waals surface area contributed by atoms with E-state index in [0.29, 0.717) is 6.04 Å². The predicted octanol–water partition coefficient (Wildman–Crippen LogP) is 3.24. The van der Waals surface area contributed by atoms with E-state index in [2.05, 4.69) is 59.1 Å². The van der Waals surface area contributed by atoms with Gasteiger partial charge in [-0.25, -0.2) is 0 Å². The Balaban J connectivity index is 1.73. The minimum atomic E-state index is 0.525. The molecule has 0 aliphatic carbocycles. The van der Waals surface area contributed by atoms with Crippen molar-refractivity contribution < 1.29 is 0 Å². The van der Waals surface area contributed by atoms with E-state index in [1.807, 2.05) is 0 Å². The van der Waals surface area contributed by atoms with Crippen molar-refractivity contribution in [1.82, 2.24) is 14.8 Å². The molecule has 1 aliphatic heterocycles. The van der Waals surface area contributed by atoms with E-state index in [1.54, 1.807) is 0 Å². The van der Waals surface area contributed by atoms with Crippen molar-refractivity contribution >= 4 is 10.9 Å². The summed E-state index contributed by atoms with van der Waals surface area (Å²) in [5.74, 6) is 0. The van der Waals surface area contributed by atoms with Gasteiger partial charge in [0.25, 0.3) is 0 Å². The maximum Gasteiger partial charge on any atom is 0.0483 e. The van der Waals surface area contributed by atoms with Gasteiger partial charge < -0.3 is 14.8 Å². The van der Waals surface area contributed by atoms with Crippen LogP contribution in [0.2, 0.25) is 0 Å². The van der Waals surface area contributed by atoms with Gasteiger partial charge in [0.1, 0.15) is 0 Å². The van der Waals surface area contributed by atoms with E-state index in [4.69, 9.17) is 0 Å². The molecule has 2 heterocycles. The van der Waals surface area contributed by atoms with Gasteiger partial charge in [0, 0.05) is 42.8 Å². The third kappa shape index (κ3) is 3.47. The number of hydrogen-bond donors (Lipinski definition) is 1. The van der Waals surface area contributed by atoms with Crippen LogP contribution < -0.4 is 5.32 Å². The molecule has 1 aromatic heterocycles. The van der Waals surface area contributed by atoms with E-state index in [1.165, 1.54) is 48.9 Å². The molecular weight excluding hydrogens is 258 g/mol. The van der Waals surface area contributed by atoms with Crippen LogP contribution in [0.5, 0.6) is 0 Å². The van der Waals surface area contributed by atoms with Crippen LogP contribution >= 0.6 is 0 Å². The standard InChI is InChI=1S/C18H27N3/c1-15(2)19-14-16-6-5-7-18-17(16)8-11-21(18)13-12-20-9-3-4-10-20/h5-8,11,15,19H,3-4,9-10,12-14H2,1-2H3. The summed E-state index contributed by atoms with van der Waals surface area (Å²) >= 11 is 0. The average Bonchev–Trinajstić information content (AvgIpc) is 3.12. The summed E-state index contributed by atoms with van der Waals surface area (Å²) in [6.45, 7) is 10.2. The lowest BCUT2D eigenvalue weighted by Gasteiger charge is -2.15. The van der Waals surface area contributed by atoms with Crippen molar-refractivity contribution in [2.75, 3.05) is 19.6 Å². The Labute approximate surface area is 127 Å². The lowest BCUT2D eigenvalue weighted by Crippen LogP contribution is -2.23. The number of aromatic nitrogens is 1. The summed E-state index contributed by atoms with van der Waals surface area (Å²) in [6.07, 6.45) is 4.99. The number of nitrogens with zero attached hydrogens (tertiary/aromatic N) is 2. The number of hydrogen-bond acceptors (Lipinski definition) is 2. The first-order valence-corrected chi connectivity index (χ1v) is 8.26. The fraction of sp³-hybridized carbons (Fsp3) is 0.556. The minimum absolute atomic E-state index is 0.525. The van der Waals surface area contributed by atoms with E-state index < -0.39 is 0 Å². The summed E-state index contributed by atoms with van der Waals surface area (Å²) < 4.78 is 2.41. The number of likely N-dealkylation sites (tertiary alicyclic amines) is 1. The zero-order valence-corrected chi connectivity index (χ0v) is 13.3. The van der Waals surface area contributed by atoms with E-state index >= 15 is 0 Å². The maximum absolute atomic E-state index is 3.52. The molecule has 0 spiro atoms. The van der Waals surface area contributed by atoms with Gasteiger partial charge in [-0.05, 0) is 43.6 Å². The highest BCUT2D eigenvalue weighted by Gasteiger charge is 2.12. The molecule has 1 saturated heterocycles. The highest BCUT2D eigenvalue weighted by Crippen LogP contribution is 2.21. The summed E-state index contributed by atoms with van der Waals surface area (Å²) in [5, 5.41) is 4.92. The molecule has 0 bridgehead atoms. The molecule has 1 aromatic carbocycles. The van der Waals surface area contributed by atoms with E-state index in [-0.39, 0.29) is 0 Å². The zero-order chi connectivity index (χ0) is 14.7. The van der Waals surface area contributed by atoms with Crippen LogP contribution in [0.1, 0.15) is 32.3 Å². The van der Waals surface area contributed by atoms with Crippen LogP contribution in [0, 0.1) is 0 Å². The van der Waals surface area contributed by atoms with Crippen molar-refractivity contribution in [3.05, 3.63) is 36.0 Å². The predicted molar refractivity (Wildman–Crippen MR) is 89.6 cm³/mol. The normalized spacial score (nSPS) is 16.3. The average molecular weight is 285 g/mol. The fourth-order valence-corrected chi connectivity index (χ4v) is 3.21. The van der Waals surface area contributed by atoms with Gasteiger partial charge in [-0.2, -0.15) is 0 Å². The number of fused-ring (bicyclic) bond motifs is 1. The number of rotatable bonds is 6. The molecule has 2 aromatic rings. The smallest absolute Gasteiger partial charge is 0.0483 e. The van der Waals surface area contributed by atoms with Gasteiger partial charge in [-0.1, -0.05) is 26.0 Å². The second kappa shape index (κ2) is 6.63. The molecule has 0 unspecified atom stereocenters. The molecule has 1 fully saturated rings. The zero-order valence-electron chi connectivity index (χ0n) is 13.3. The SMILES string of the molecule is CC(C)NCc1cccc2c1ccn2CCN1CCCC1. The van der Waals surface area contributed by atoms with Gasteiger partial charge in [-0.3, -0.25) is 0 Å². The molecule has 0 amide bonds. The molecular formula is C18H27N3. The first-order valence-electron chi connectivity index (χ1n) is 8.26. The van der Waals surface area contributed by atoms with Crippen LogP contribution in [-0.4, -0.2) is 35.1 Å². The molecule has 3 heteroatoms. The Hall–Kier alpha value is -1.32.